The van der Waals surface area contributed by atoms with Gasteiger partial charge in [0.1, 0.15) is 18.8 Å². The Labute approximate surface area is 242 Å². The van der Waals surface area contributed by atoms with E-state index in [0.29, 0.717) is 0 Å². The summed E-state index contributed by atoms with van der Waals surface area (Å²) < 4.78 is 49.8. The number of carbonyl (C=O) groups is 6. The highest BCUT2D eigenvalue weighted by atomic mass is 16.8. The molecule has 0 amide bonds. The van der Waals surface area contributed by atoms with E-state index in [1.165, 1.54) is 20.3 Å². The molecule has 15 nitrogen and oxygen atoms in total. The summed E-state index contributed by atoms with van der Waals surface area (Å²) in [5, 5.41) is 0. The van der Waals surface area contributed by atoms with Gasteiger partial charge in [0.25, 0.3) is 0 Å². The minimum atomic E-state index is -1.51. The maximum absolute atomic E-state index is 12.5. The van der Waals surface area contributed by atoms with Crippen LogP contribution in [0.1, 0.15) is 48.0 Å². The molecule has 0 radical (unpaired) electrons. The zero-order chi connectivity index (χ0) is 31.3. The lowest BCUT2D eigenvalue weighted by Gasteiger charge is -2.46. The first-order valence-electron chi connectivity index (χ1n) is 13.3. The van der Waals surface area contributed by atoms with Crippen molar-refractivity contribution in [1.82, 2.24) is 0 Å². The third-order valence-corrected chi connectivity index (χ3v) is 7.14. The molecule has 0 aromatic heterocycles. The van der Waals surface area contributed by atoms with E-state index in [-0.39, 0.29) is 17.9 Å². The molecular weight excluding hydrogens is 564 g/mol. The number of methoxy groups -OCH3 is 1. The van der Waals surface area contributed by atoms with Crippen LogP contribution in [0.4, 0.5) is 0 Å². The topological polar surface area (TPSA) is 185 Å². The van der Waals surface area contributed by atoms with Gasteiger partial charge in [-0.05, 0) is 6.42 Å². The minimum absolute atomic E-state index is 0.213. The van der Waals surface area contributed by atoms with Crippen molar-refractivity contribution >= 4 is 35.8 Å². The zero-order valence-corrected chi connectivity index (χ0v) is 24.4. The molecule has 2 fully saturated rings. The third-order valence-electron chi connectivity index (χ3n) is 7.14. The second-order valence-electron chi connectivity index (χ2n) is 10.2. The predicted octanol–water partition coefficient (Wildman–Crippen LogP) is 0.703. The number of hydrogen-bond donors (Lipinski definition) is 0. The highest BCUT2D eigenvalue weighted by Gasteiger charge is 2.57. The van der Waals surface area contributed by atoms with E-state index in [1.54, 1.807) is 6.92 Å². The van der Waals surface area contributed by atoms with E-state index in [4.69, 9.17) is 42.6 Å². The zero-order valence-electron chi connectivity index (χ0n) is 24.4. The quantitative estimate of drug-likeness (QED) is 0.266. The number of carbonyl (C=O) groups excluding carboxylic acids is 6. The van der Waals surface area contributed by atoms with Crippen LogP contribution >= 0.6 is 0 Å². The summed E-state index contributed by atoms with van der Waals surface area (Å²) in [4.78, 5) is 72.1. The molecule has 0 aromatic rings. The van der Waals surface area contributed by atoms with Crippen LogP contribution in [-0.2, 0) is 71.4 Å². The molecule has 3 aliphatic rings. The Kier molecular flexibility index (Phi) is 10.9. The molecule has 2 heterocycles. The van der Waals surface area contributed by atoms with Crippen molar-refractivity contribution in [2.24, 2.45) is 17.8 Å². The van der Waals surface area contributed by atoms with E-state index >= 15 is 0 Å². The monoisotopic (exact) mass is 600 g/mol. The maximum atomic E-state index is 12.5. The molecule has 2 aliphatic heterocycles. The largest absolute Gasteiger partial charge is 0.472 e. The van der Waals surface area contributed by atoms with Crippen LogP contribution < -0.4 is 0 Å². The summed E-state index contributed by atoms with van der Waals surface area (Å²) >= 11 is 0. The Morgan fingerprint density at radius 1 is 0.786 bits per heavy atom. The lowest BCUT2D eigenvalue weighted by atomic mass is 9.83. The van der Waals surface area contributed by atoms with Crippen LogP contribution in [0.25, 0.3) is 0 Å². The summed E-state index contributed by atoms with van der Waals surface area (Å²) in [5.41, 5.74) is 0.213. The van der Waals surface area contributed by atoms with Crippen molar-refractivity contribution in [1.29, 1.82) is 0 Å². The van der Waals surface area contributed by atoms with Crippen molar-refractivity contribution < 1.29 is 71.4 Å². The molecule has 1 saturated heterocycles. The molecule has 3 rings (SSSR count). The smallest absolute Gasteiger partial charge is 0.337 e. The molecule has 0 unspecified atom stereocenters. The van der Waals surface area contributed by atoms with Crippen LogP contribution in [0, 0.1) is 17.8 Å². The first-order valence-corrected chi connectivity index (χ1v) is 13.3. The van der Waals surface area contributed by atoms with Crippen molar-refractivity contribution in [3.63, 3.8) is 0 Å². The number of fused-ring (bicyclic) bond motifs is 1. The fraction of sp³-hybridized carbons (Fsp3) is 0.704. The van der Waals surface area contributed by atoms with Gasteiger partial charge in [-0.15, -0.1) is 0 Å². The fourth-order valence-corrected chi connectivity index (χ4v) is 5.57. The van der Waals surface area contributed by atoms with Gasteiger partial charge in [-0.3, -0.25) is 24.0 Å². The van der Waals surface area contributed by atoms with E-state index in [1.807, 2.05) is 0 Å². The molecule has 0 N–H and O–H groups in total. The molecule has 1 saturated carbocycles. The lowest BCUT2D eigenvalue weighted by molar-refractivity contribution is -0.345. The molecule has 0 bridgehead atoms. The Hall–Kier alpha value is -3.72. The van der Waals surface area contributed by atoms with Gasteiger partial charge in [-0.1, -0.05) is 6.92 Å². The molecule has 0 aromatic carbocycles. The Morgan fingerprint density at radius 3 is 1.90 bits per heavy atom. The van der Waals surface area contributed by atoms with Gasteiger partial charge in [0.2, 0.25) is 12.6 Å². The second kappa shape index (κ2) is 14.0. The molecule has 10 atom stereocenters. The normalized spacial score (nSPS) is 33.5. The number of ether oxygens (including phenoxy) is 9. The summed E-state index contributed by atoms with van der Waals surface area (Å²) in [6.45, 7) is 7.11. The van der Waals surface area contributed by atoms with Gasteiger partial charge < -0.3 is 42.6 Å². The third kappa shape index (κ3) is 7.76. The van der Waals surface area contributed by atoms with E-state index in [0.717, 1.165) is 27.7 Å². The minimum Gasteiger partial charge on any atom is -0.472 e. The summed E-state index contributed by atoms with van der Waals surface area (Å²) in [6.07, 6.45) is -7.30. The molecule has 15 heteroatoms. The highest BCUT2D eigenvalue weighted by Crippen LogP contribution is 2.49. The molecular formula is C27H36O15. The SMILES string of the molecule is COC(=O)C1=CO[C@H](O[C@@H]2O[C@H](COC(C)=O)[C@@H](OC(C)=O)[C@H](OC(C)=O)[C@H]2OC(C)=O)[C@H]2[C@H](C)[C@@H](OC(C)=O)C[C@H]12. The predicted molar refractivity (Wildman–Crippen MR) is 134 cm³/mol. The lowest BCUT2D eigenvalue weighted by Crippen LogP contribution is -2.63. The number of rotatable bonds is 9. The highest BCUT2D eigenvalue weighted by molar-refractivity contribution is 5.89. The first-order chi connectivity index (χ1) is 19.7. The van der Waals surface area contributed by atoms with Gasteiger partial charge in [0.15, 0.2) is 18.3 Å². The van der Waals surface area contributed by atoms with Crippen LogP contribution in [0.3, 0.4) is 0 Å². The van der Waals surface area contributed by atoms with Crippen LogP contribution in [0.15, 0.2) is 11.8 Å². The van der Waals surface area contributed by atoms with Gasteiger partial charge in [-0.2, -0.15) is 0 Å². The van der Waals surface area contributed by atoms with Crippen molar-refractivity contribution in [3.05, 3.63) is 11.8 Å². The van der Waals surface area contributed by atoms with E-state index in [9.17, 15) is 28.8 Å². The van der Waals surface area contributed by atoms with E-state index < -0.39 is 97.4 Å². The van der Waals surface area contributed by atoms with Crippen LogP contribution in [0.2, 0.25) is 0 Å². The standard InChI is InChI=1S/C27H36O15/c1-11-19(37-13(3)29)8-17-18(25(33)34-7)9-36-26(21(11)17)42-27-24(40-16(6)32)23(39-15(5)31)22(38-14(4)30)20(41-27)10-35-12(2)28/h9,11,17,19-24,26-27H,8,10H2,1-7H3/t11-,17-,19+,20-,21+,22-,23+,24-,26-,27+/m1/s1. The summed E-state index contributed by atoms with van der Waals surface area (Å²) in [6, 6.07) is 0. The number of esters is 6. The molecule has 1 aliphatic carbocycles. The average molecular weight is 601 g/mol. The molecule has 234 valence electrons. The van der Waals surface area contributed by atoms with Gasteiger partial charge in [0.05, 0.1) is 18.9 Å². The summed E-state index contributed by atoms with van der Waals surface area (Å²) in [7, 11) is 1.22. The first kappa shape index (κ1) is 32.8. The van der Waals surface area contributed by atoms with Crippen molar-refractivity contribution in [2.45, 2.75) is 91.1 Å². The maximum Gasteiger partial charge on any atom is 0.337 e. The van der Waals surface area contributed by atoms with Gasteiger partial charge in [0, 0.05) is 52.4 Å². The fourth-order valence-electron chi connectivity index (χ4n) is 5.57. The van der Waals surface area contributed by atoms with Crippen LogP contribution in [-0.4, -0.2) is 92.6 Å². The molecule has 0 spiro atoms. The Bertz CT molecular complexity index is 1100. The molecule has 42 heavy (non-hydrogen) atoms. The van der Waals surface area contributed by atoms with Crippen LogP contribution in [0.5, 0.6) is 0 Å². The summed E-state index contributed by atoms with van der Waals surface area (Å²) in [5.74, 6) is -5.66. The van der Waals surface area contributed by atoms with Crippen molar-refractivity contribution in [2.75, 3.05) is 13.7 Å². The van der Waals surface area contributed by atoms with Gasteiger partial charge >= 0.3 is 35.8 Å². The Balaban J connectivity index is 2.01. The second-order valence-corrected chi connectivity index (χ2v) is 10.2. The van der Waals surface area contributed by atoms with Crippen molar-refractivity contribution in [3.8, 4) is 0 Å². The van der Waals surface area contributed by atoms with Gasteiger partial charge in [-0.25, -0.2) is 4.79 Å². The van der Waals surface area contributed by atoms with E-state index in [2.05, 4.69) is 0 Å². The average Bonchev–Trinajstić information content (AvgIpc) is 3.20. The Morgan fingerprint density at radius 2 is 1.36 bits per heavy atom. The number of hydrogen-bond acceptors (Lipinski definition) is 15.